The van der Waals surface area contributed by atoms with Crippen molar-refractivity contribution in [2.24, 2.45) is 0 Å². The van der Waals surface area contributed by atoms with Crippen LogP contribution in [-0.4, -0.2) is 32.0 Å². The third kappa shape index (κ3) is 3.63. The predicted octanol–water partition coefficient (Wildman–Crippen LogP) is 3.34. The Bertz CT molecular complexity index is 1130. The Morgan fingerprint density at radius 3 is 2.68 bits per heavy atom. The minimum atomic E-state index is -0.889. The zero-order valence-electron chi connectivity index (χ0n) is 17.3. The molecule has 31 heavy (non-hydrogen) atoms. The number of nitrogens with two attached hydrogens (primary N) is 1. The van der Waals surface area contributed by atoms with Crippen molar-refractivity contribution in [1.29, 1.82) is 0 Å². The Morgan fingerprint density at radius 2 is 2.00 bits per heavy atom. The highest BCUT2D eigenvalue weighted by Crippen LogP contribution is 2.44. The van der Waals surface area contributed by atoms with Gasteiger partial charge in [0.25, 0.3) is 5.91 Å². The number of nitrogens with one attached hydrogen (secondary N) is 1. The van der Waals surface area contributed by atoms with E-state index >= 15 is 0 Å². The summed E-state index contributed by atoms with van der Waals surface area (Å²) in [4.78, 5) is 13.0. The van der Waals surface area contributed by atoms with Gasteiger partial charge in [-0.25, -0.2) is 9.07 Å². The number of nitrogens with zero attached hydrogens (tertiary/aromatic N) is 2. The SMILES string of the molecule is CC[C@@H]1CC(O)C(NC(=O)c2cnn(-c3ccc(C)cc3)c2N)c2ccc(F)c(O)c21. The second kappa shape index (κ2) is 8.03. The van der Waals surface area contributed by atoms with E-state index in [1.54, 1.807) is 0 Å². The predicted molar refractivity (Wildman–Crippen MR) is 115 cm³/mol. The fourth-order valence-corrected chi connectivity index (χ4v) is 4.24. The zero-order chi connectivity index (χ0) is 22.3. The molecule has 1 aromatic heterocycles. The molecule has 4 rings (SSSR count). The minimum Gasteiger partial charge on any atom is -0.505 e. The number of aromatic hydroxyl groups is 1. The van der Waals surface area contributed by atoms with Gasteiger partial charge in [0.15, 0.2) is 11.6 Å². The number of phenolic OH excluding ortho intramolecular Hbond substituents is 1. The van der Waals surface area contributed by atoms with Crippen molar-refractivity contribution in [1.82, 2.24) is 15.1 Å². The van der Waals surface area contributed by atoms with E-state index in [9.17, 15) is 19.4 Å². The number of aromatic nitrogens is 2. The van der Waals surface area contributed by atoms with Gasteiger partial charge in [-0.05, 0) is 49.4 Å². The lowest BCUT2D eigenvalue weighted by Gasteiger charge is -2.36. The highest BCUT2D eigenvalue weighted by atomic mass is 19.1. The monoisotopic (exact) mass is 424 g/mol. The first-order valence-electron chi connectivity index (χ1n) is 10.2. The van der Waals surface area contributed by atoms with Crippen LogP contribution in [0.2, 0.25) is 0 Å². The van der Waals surface area contributed by atoms with Crippen molar-refractivity contribution >= 4 is 11.7 Å². The van der Waals surface area contributed by atoms with Crippen LogP contribution in [0.25, 0.3) is 5.69 Å². The Kier molecular flexibility index (Phi) is 5.41. The molecule has 0 aliphatic heterocycles. The maximum Gasteiger partial charge on any atom is 0.257 e. The van der Waals surface area contributed by atoms with E-state index in [1.165, 1.54) is 16.9 Å². The number of carbonyl (C=O) groups excluding carboxylic acids is 1. The second-order valence-corrected chi connectivity index (χ2v) is 7.95. The molecule has 8 heteroatoms. The van der Waals surface area contributed by atoms with Crippen LogP contribution in [0.1, 0.15) is 58.8 Å². The number of aryl methyl sites for hydroxylation is 1. The van der Waals surface area contributed by atoms with E-state index in [4.69, 9.17) is 5.73 Å². The maximum absolute atomic E-state index is 14.0. The lowest BCUT2D eigenvalue weighted by molar-refractivity contribution is 0.0753. The molecule has 2 unspecified atom stereocenters. The van der Waals surface area contributed by atoms with E-state index in [0.717, 1.165) is 17.3 Å². The third-order valence-corrected chi connectivity index (χ3v) is 5.96. The van der Waals surface area contributed by atoms with Crippen molar-refractivity contribution in [2.75, 3.05) is 5.73 Å². The number of rotatable bonds is 4. The van der Waals surface area contributed by atoms with E-state index in [1.807, 2.05) is 38.1 Å². The van der Waals surface area contributed by atoms with E-state index < -0.39 is 29.6 Å². The molecule has 0 fully saturated rings. The van der Waals surface area contributed by atoms with Gasteiger partial charge < -0.3 is 21.3 Å². The standard InChI is InChI=1S/C23H25FN4O3/c1-3-13-10-18(29)20(15-8-9-17(24)21(30)19(13)15)27-23(31)16-11-26-28(22(16)25)14-6-4-12(2)5-7-14/h4-9,11,13,18,20,29-30H,3,10,25H2,1-2H3,(H,27,31)/t13-,18?,20?/m1/s1. The number of fused-ring (bicyclic) bond motifs is 1. The molecule has 3 aromatic rings. The summed E-state index contributed by atoms with van der Waals surface area (Å²) in [6.07, 6.45) is 1.40. The first kappa shape index (κ1) is 20.9. The van der Waals surface area contributed by atoms with Crippen LogP contribution in [0, 0.1) is 12.7 Å². The van der Waals surface area contributed by atoms with Gasteiger partial charge in [0.1, 0.15) is 11.4 Å². The third-order valence-electron chi connectivity index (χ3n) is 5.96. The van der Waals surface area contributed by atoms with Crippen molar-refractivity contribution in [2.45, 2.75) is 44.8 Å². The summed E-state index contributed by atoms with van der Waals surface area (Å²) < 4.78 is 15.4. The molecule has 162 valence electrons. The van der Waals surface area contributed by atoms with Gasteiger partial charge in [0.2, 0.25) is 0 Å². The first-order chi connectivity index (χ1) is 14.8. The average molecular weight is 424 g/mol. The average Bonchev–Trinajstić information content (AvgIpc) is 3.14. The van der Waals surface area contributed by atoms with Crippen molar-refractivity contribution in [3.8, 4) is 11.4 Å². The Balaban J connectivity index is 1.65. The van der Waals surface area contributed by atoms with Gasteiger partial charge in [-0.15, -0.1) is 0 Å². The van der Waals surface area contributed by atoms with Crippen LogP contribution in [0.3, 0.4) is 0 Å². The molecule has 1 aliphatic rings. The molecule has 0 radical (unpaired) electrons. The summed E-state index contributed by atoms with van der Waals surface area (Å²) in [7, 11) is 0. The van der Waals surface area contributed by atoms with Crippen LogP contribution >= 0.6 is 0 Å². The lowest BCUT2D eigenvalue weighted by Crippen LogP contribution is -2.40. The van der Waals surface area contributed by atoms with E-state index in [2.05, 4.69) is 10.4 Å². The number of hydrogen-bond acceptors (Lipinski definition) is 5. The van der Waals surface area contributed by atoms with Crippen molar-refractivity contribution < 1.29 is 19.4 Å². The van der Waals surface area contributed by atoms with Crippen LogP contribution < -0.4 is 11.1 Å². The molecule has 0 spiro atoms. The Morgan fingerprint density at radius 1 is 1.29 bits per heavy atom. The summed E-state index contributed by atoms with van der Waals surface area (Å²) in [6.45, 7) is 3.87. The molecule has 1 amide bonds. The van der Waals surface area contributed by atoms with Crippen LogP contribution in [-0.2, 0) is 0 Å². The second-order valence-electron chi connectivity index (χ2n) is 7.95. The Hall–Kier alpha value is -3.39. The fourth-order valence-electron chi connectivity index (χ4n) is 4.24. The van der Waals surface area contributed by atoms with Crippen molar-refractivity contribution in [3.63, 3.8) is 0 Å². The summed E-state index contributed by atoms with van der Waals surface area (Å²) in [5.74, 6) is -1.70. The zero-order valence-corrected chi connectivity index (χ0v) is 17.3. The molecule has 0 bridgehead atoms. The van der Waals surface area contributed by atoms with Crippen LogP contribution in [0.4, 0.5) is 10.2 Å². The Labute approximate surface area is 179 Å². The van der Waals surface area contributed by atoms with E-state index in [0.29, 0.717) is 24.0 Å². The molecule has 1 heterocycles. The summed E-state index contributed by atoms with van der Waals surface area (Å²) in [5, 5.41) is 28.0. The molecule has 5 N–H and O–H groups in total. The van der Waals surface area contributed by atoms with E-state index in [-0.39, 0.29) is 17.3 Å². The molecular formula is C23H25FN4O3. The number of nitrogen functional groups attached to an aromatic ring is 1. The summed E-state index contributed by atoms with van der Waals surface area (Å²) in [5.41, 5.74) is 9.09. The molecule has 2 aromatic carbocycles. The number of benzene rings is 2. The highest BCUT2D eigenvalue weighted by molar-refractivity contribution is 5.98. The minimum absolute atomic E-state index is 0.165. The molecule has 0 saturated carbocycles. The van der Waals surface area contributed by atoms with Gasteiger partial charge in [0.05, 0.1) is 24.0 Å². The number of phenols is 1. The number of amides is 1. The van der Waals surface area contributed by atoms with Gasteiger partial charge in [0, 0.05) is 5.56 Å². The molecule has 7 nitrogen and oxygen atoms in total. The topological polar surface area (TPSA) is 113 Å². The quantitative estimate of drug-likeness (QED) is 0.513. The molecule has 3 atom stereocenters. The number of anilines is 1. The molecule has 1 aliphatic carbocycles. The largest absolute Gasteiger partial charge is 0.505 e. The van der Waals surface area contributed by atoms with Gasteiger partial charge in [-0.3, -0.25) is 4.79 Å². The van der Waals surface area contributed by atoms with Crippen LogP contribution in [0.15, 0.2) is 42.6 Å². The number of halogens is 1. The maximum atomic E-state index is 14.0. The van der Waals surface area contributed by atoms with Gasteiger partial charge in [-0.1, -0.05) is 30.7 Å². The van der Waals surface area contributed by atoms with Crippen LogP contribution in [0.5, 0.6) is 5.75 Å². The molecule has 0 saturated heterocycles. The number of hydrogen-bond donors (Lipinski definition) is 4. The summed E-state index contributed by atoms with van der Waals surface area (Å²) >= 11 is 0. The normalized spacial score (nSPS) is 20.3. The number of aliphatic hydroxyl groups excluding tert-OH is 1. The van der Waals surface area contributed by atoms with Gasteiger partial charge >= 0.3 is 0 Å². The summed E-state index contributed by atoms with van der Waals surface area (Å²) in [6, 6.07) is 9.37. The fraction of sp³-hybridized carbons (Fsp3) is 0.304. The van der Waals surface area contributed by atoms with Gasteiger partial charge in [-0.2, -0.15) is 5.10 Å². The van der Waals surface area contributed by atoms with Crippen molar-refractivity contribution in [3.05, 3.63) is 70.7 Å². The highest BCUT2D eigenvalue weighted by Gasteiger charge is 2.37. The number of aliphatic hydroxyl groups is 1. The molecular weight excluding hydrogens is 399 g/mol. The first-order valence-corrected chi connectivity index (χ1v) is 10.2. The smallest absolute Gasteiger partial charge is 0.257 e. The number of carbonyl (C=O) groups is 1. The lowest BCUT2D eigenvalue weighted by atomic mass is 9.76.